The monoisotopic (exact) mass is 284 g/mol. The first kappa shape index (κ1) is 13.5. The fourth-order valence-electron chi connectivity index (χ4n) is 2.76. The van der Waals surface area contributed by atoms with Gasteiger partial charge in [-0.15, -0.1) is 0 Å². The van der Waals surface area contributed by atoms with E-state index in [0.29, 0.717) is 18.7 Å². The Morgan fingerprint density at radius 1 is 1.14 bits per heavy atom. The van der Waals surface area contributed by atoms with E-state index in [9.17, 15) is 14.7 Å². The maximum Gasteiger partial charge on any atom is 0.326 e. The number of aromatic nitrogens is 1. The largest absolute Gasteiger partial charge is 0.480 e. The van der Waals surface area contributed by atoms with Gasteiger partial charge < -0.3 is 10.0 Å². The van der Waals surface area contributed by atoms with E-state index in [1.54, 1.807) is 6.07 Å². The van der Waals surface area contributed by atoms with Crippen LogP contribution in [-0.2, 0) is 4.79 Å². The molecule has 2 heterocycles. The van der Waals surface area contributed by atoms with Gasteiger partial charge in [0, 0.05) is 11.9 Å². The topological polar surface area (TPSA) is 70.5 Å². The van der Waals surface area contributed by atoms with Crippen molar-refractivity contribution in [3.63, 3.8) is 0 Å². The Kier molecular flexibility index (Phi) is 3.56. The second kappa shape index (κ2) is 5.52. The van der Waals surface area contributed by atoms with E-state index in [1.165, 1.54) is 4.90 Å². The highest BCUT2D eigenvalue weighted by molar-refractivity contribution is 5.97. The number of nitrogens with zero attached hydrogens (tertiary/aromatic N) is 2. The Labute approximate surface area is 122 Å². The molecule has 1 aliphatic heterocycles. The summed E-state index contributed by atoms with van der Waals surface area (Å²) in [6.45, 7) is 0.476. The predicted octanol–water partition coefficient (Wildman–Crippen LogP) is 2.31. The maximum absolute atomic E-state index is 12.6. The molecule has 0 saturated carbocycles. The quantitative estimate of drug-likeness (QED) is 0.918. The fraction of sp³-hybridized carbons (Fsp3) is 0.312. The molecule has 1 amide bonds. The van der Waals surface area contributed by atoms with Crippen molar-refractivity contribution in [3.8, 4) is 0 Å². The van der Waals surface area contributed by atoms with Crippen LogP contribution in [-0.4, -0.2) is 39.5 Å². The van der Waals surface area contributed by atoms with Crippen molar-refractivity contribution in [1.29, 1.82) is 0 Å². The van der Waals surface area contributed by atoms with Gasteiger partial charge in [0.15, 0.2) is 0 Å². The second-order valence-electron chi connectivity index (χ2n) is 5.24. The first-order valence-corrected chi connectivity index (χ1v) is 7.06. The number of para-hydroxylation sites is 1. The van der Waals surface area contributed by atoms with Crippen molar-refractivity contribution >= 4 is 22.8 Å². The first-order valence-electron chi connectivity index (χ1n) is 7.06. The van der Waals surface area contributed by atoms with Crippen LogP contribution in [0.1, 0.15) is 29.8 Å². The lowest BCUT2D eigenvalue weighted by Gasteiger charge is -2.32. The number of hydrogen-bond donors (Lipinski definition) is 1. The Balaban J connectivity index is 1.93. The Morgan fingerprint density at radius 2 is 1.95 bits per heavy atom. The summed E-state index contributed by atoms with van der Waals surface area (Å²) in [5.74, 6) is -1.24. The first-order chi connectivity index (χ1) is 10.2. The summed E-state index contributed by atoms with van der Waals surface area (Å²) in [6.07, 6.45) is 2.18. The zero-order valence-electron chi connectivity index (χ0n) is 11.5. The number of carbonyl (C=O) groups excluding carboxylic acids is 1. The van der Waals surface area contributed by atoms with Crippen molar-refractivity contribution in [2.45, 2.75) is 25.3 Å². The van der Waals surface area contributed by atoms with Crippen molar-refractivity contribution < 1.29 is 14.7 Å². The average Bonchev–Trinajstić information content (AvgIpc) is 2.53. The van der Waals surface area contributed by atoms with E-state index < -0.39 is 12.0 Å². The highest BCUT2D eigenvalue weighted by Gasteiger charge is 2.32. The lowest BCUT2D eigenvalue weighted by molar-refractivity contribution is -0.143. The third kappa shape index (κ3) is 2.59. The summed E-state index contributed by atoms with van der Waals surface area (Å²) in [7, 11) is 0. The smallest absolute Gasteiger partial charge is 0.326 e. The van der Waals surface area contributed by atoms with Crippen LogP contribution < -0.4 is 0 Å². The van der Waals surface area contributed by atoms with E-state index in [-0.39, 0.29) is 5.91 Å². The predicted molar refractivity (Wildman–Crippen MR) is 78.1 cm³/mol. The number of pyridine rings is 1. The van der Waals surface area contributed by atoms with Crippen LogP contribution in [0, 0.1) is 0 Å². The van der Waals surface area contributed by atoms with Crippen molar-refractivity contribution in [2.24, 2.45) is 0 Å². The molecule has 0 unspecified atom stereocenters. The zero-order valence-corrected chi connectivity index (χ0v) is 11.5. The molecule has 1 aliphatic rings. The van der Waals surface area contributed by atoms with Crippen LogP contribution in [0.5, 0.6) is 0 Å². The molecule has 0 radical (unpaired) electrons. The van der Waals surface area contributed by atoms with Crippen LogP contribution in [0.4, 0.5) is 0 Å². The highest BCUT2D eigenvalue weighted by Crippen LogP contribution is 2.20. The summed E-state index contributed by atoms with van der Waals surface area (Å²) >= 11 is 0. The Bertz CT molecular complexity index is 699. The van der Waals surface area contributed by atoms with Gasteiger partial charge in [-0.05, 0) is 31.4 Å². The third-order valence-corrected chi connectivity index (χ3v) is 3.87. The van der Waals surface area contributed by atoms with Crippen molar-refractivity contribution in [2.75, 3.05) is 6.54 Å². The van der Waals surface area contributed by atoms with Crippen LogP contribution in [0.3, 0.4) is 0 Å². The summed E-state index contributed by atoms with van der Waals surface area (Å²) in [6, 6.07) is 10.3. The SMILES string of the molecule is O=C(O)[C@@H]1CCCCN1C(=O)c1ccc2ccccc2n1. The number of likely N-dealkylation sites (tertiary alicyclic amines) is 1. The van der Waals surface area contributed by atoms with E-state index in [0.717, 1.165) is 23.7 Å². The molecular formula is C16H16N2O3. The number of amides is 1. The van der Waals surface area contributed by atoms with E-state index in [4.69, 9.17) is 0 Å². The lowest BCUT2D eigenvalue weighted by atomic mass is 10.0. The number of fused-ring (bicyclic) bond motifs is 1. The molecule has 1 atom stereocenters. The van der Waals surface area contributed by atoms with Crippen LogP contribution in [0.15, 0.2) is 36.4 Å². The summed E-state index contributed by atoms with van der Waals surface area (Å²) in [5.41, 5.74) is 1.05. The molecule has 1 saturated heterocycles. The minimum absolute atomic E-state index is 0.298. The molecule has 1 fully saturated rings. The number of rotatable bonds is 2. The number of carbonyl (C=O) groups is 2. The third-order valence-electron chi connectivity index (χ3n) is 3.87. The molecule has 0 bridgehead atoms. The van der Waals surface area contributed by atoms with Gasteiger partial charge in [-0.1, -0.05) is 24.3 Å². The van der Waals surface area contributed by atoms with Crippen LogP contribution in [0.25, 0.3) is 10.9 Å². The van der Waals surface area contributed by atoms with Gasteiger partial charge in [0.1, 0.15) is 11.7 Å². The van der Waals surface area contributed by atoms with E-state index in [2.05, 4.69) is 4.98 Å². The highest BCUT2D eigenvalue weighted by atomic mass is 16.4. The van der Waals surface area contributed by atoms with Gasteiger partial charge in [0.25, 0.3) is 5.91 Å². The number of benzene rings is 1. The molecule has 0 spiro atoms. The molecule has 1 aromatic heterocycles. The number of hydrogen-bond acceptors (Lipinski definition) is 3. The van der Waals surface area contributed by atoms with Crippen LogP contribution in [0.2, 0.25) is 0 Å². The van der Waals surface area contributed by atoms with E-state index in [1.807, 2.05) is 30.3 Å². The molecule has 3 rings (SSSR count). The Morgan fingerprint density at radius 3 is 2.76 bits per heavy atom. The number of carboxylic acid groups (broad SMARTS) is 1. The standard InChI is InChI=1S/C16H16N2O3/c19-15(18-10-4-3-7-14(18)16(20)21)13-9-8-11-5-1-2-6-12(11)17-13/h1-2,5-6,8-9,14H,3-4,7,10H2,(H,20,21)/t14-/m0/s1. The van der Waals surface area contributed by atoms with Gasteiger partial charge in [-0.2, -0.15) is 0 Å². The fourth-order valence-corrected chi connectivity index (χ4v) is 2.76. The lowest BCUT2D eigenvalue weighted by Crippen LogP contribution is -2.48. The molecule has 5 nitrogen and oxygen atoms in total. The maximum atomic E-state index is 12.6. The van der Waals surface area contributed by atoms with Gasteiger partial charge in [-0.25, -0.2) is 9.78 Å². The van der Waals surface area contributed by atoms with Gasteiger partial charge in [0.2, 0.25) is 0 Å². The number of aliphatic carboxylic acids is 1. The Hall–Kier alpha value is -2.43. The van der Waals surface area contributed by atoms with E-state index >= 15 is 0 Å². The second-order valence-corrected chi connectivity index (χ2v) is 5.24. The molecule has 0 aliphatic carbocycles. The number of piperidine rings is 1. The molecule has 108 valence electrons. The minimum Gasteiger partial charge on any atom is -0.480 e. The molecular weight excluding hydrogens is 268 g/mol. The van der Waals surface area contributed by atoms with Gasteiger partial charge in [-0.3, -0.25) is 4.79 Å². The summed E-state index contributed by atoms with van der Waals surface area (Å²) in [5, 5.41) is 10.2. The van der Waals surface area contributed by atoms with Crippen molar-refractivity contribution in [3.05, 3.63) is 42.1 Å². The van der Waals surface area contributed by atoms with Crippen molar-refractivity contribution in [1.82, 2.24) is 9.88 Å². The molecule has 2 aromatic rings. The average molecular weight is 284 g/mol. The zero-order chi connectivity index (χ0) is 14.8. The molecule has 5 heteroatoms. The molecule has 1 N–H and O–H groups in total. The molecule has 1 aromatic carbocycles. The normalized spacial score (nSPS) is 18.7. The molecule has 21 heavy (non-hydrogen) atoms. The number of carboxylic acids is 1. The summed E-state index contributed by atoms with van der Waals surface area (Å²) < 4.78 is 0. The minimum atomic E-state index is -0.941. The van der Waals surface area contributed by atoms with Crippen LogP contribution >= 0.6 is 0 Å². The van der Waals surface area contributed by atoms with Gasteiger partial charge >= 0.3 is 5.97 Å². The summed E-state index contributed by atoms with van der Waals surface area (Å²) in [4.78, 5) is 29.7. The van der Waals surface area contributed by atoms with Gasteiger partial charge in [0.05, 0.1) is 5.52 Å².